The second-order valence-corrected chi connectivity index (χ2v) is 1.75. The van der Waals surface area contributed by atoms with E-state index in [-0.39, 0.29) is 0 Å². The molecule has 46 valence electrons. The molecule has 1 nitrogen and oxygen atoms in total. The maximum atomic E-state index is 3.64. The molecule has 1 aromatic rings. The van der Waals surface area contributed by atoms with E-state index in [4.69, 9.17) is 0 Å². The van der Waals surface area contributed by atoms with Crippen LogP contribution in [0.4, 0.5) is 0 Å². The average molecular weight is 119 g/mol. The summed E-state index contributed by atoms with van der Waals surface area (Å²) in [5.41, 5.74) is 2.13. The summed E-state index contributed by atoms with van der Waals surface area (Å²) in [6.45, 7) is 7.28. The van der Waals surface area contributed by atoms with Crippen LogP contribution >= 0.6 is 0 Å². The fourth-order valence-corrected chi connectivity index (χ4v) is 0.749. The molecule has 1 rings (SSSR count). The average Bonchev–Trinajstić information content (AvgIpc) is 2.33. The summed E-state index contributed by atoms with van der Waals surface area (Å²) >= 11 is 0. The molecule has 0 unspecified atom stereocenters. The zero-order valence-electron chi connectivity index (χ0n) is 5.22. The molecule has 0 aliphatic rings. The van der Waals surface area contributed by atoms with E-state index in [2.05, 4.69) is 18.1 Å². The molecule has 1 heterocycles. The zero-order valence-corrected chi connectivity index (χ0v) is 5.22. The molecule has 0 aliphatic carbocycles. The Labute approximate surface area is 54.7 Å². The van der Waals surface area contributed by atoms with E-state index in [0.29, 0.717) is 0 Å². The predicted molar refractivity (Wildman–Crippen MR) is 41.0 cm³/mol. The molecule has 0 radical (unpaired) electrons. The van der Waals surface area contributed by atoms with Crippen LogP contribution in [0, 0.1) is 0 Å². The largest absolute Gasteiger partial charge is 0.361 e. The minimum absolute atomic E-state index is 1.03. The molecule has 0 atom stereocenters. The van der Waals surface area contributed by atoms with Gasteiger partial charge < -0.3 is 4.98 Å². The number of nitrogens with one attached hydrogen (secondary N) is 1. The molecule has 0 bridgehead atoms. The Balaban J connectivity index is 3.12. The van der Waals surface area contributed by atoms with Gasteiger partial charge in [0.2, 0.25) is 0 Å². The lowest BCUT2D eigenvalue weighted by Gasteiger charge is -1.86. The first-order valence-electron chi connectivity index (χ1n) is 2.80. The minimum atomic E-state index is 1.03. The Morgan fingerprint density at radius 3 is 2.56 bits per heavy atom. The van der Waals surface area contributed by atoms with E-state index in [1.807, 2.05) is 12.3 Å². The van der Waals surface area contributed by atoms with Gasteiger partial charge in [0.1, 0.15) is 0 Å². The SMILES string of the molecule is C=Cc1cc[nH]c1C=C. The summed E-state index contributed by atoms with van der Waals surface area (Å²) < 4.78 is 0. The van der Waals surface area contributed by atoms with Gasteiger partial charge in [-0.3, -0.25) is 0 Å². The van der Waals surface area contributed by atoms with Crippen molar-refractivity contribution >= 4 is 12.2 Å². The predicted octanol–water partition coefficient (Wildman–Crippen LogP) is 2.30. The fourth-order valence-electron chi connectivity index (χ4n) is 0.749. The minimum Gasteiger partial charge on any atom is -0.361 e. The third-order valence-electron chi connectivity index (χ3n) is 1.24. The van der Waals surface area contributed by atoms with Crippen LogP contribution in [-0.4, -0.2) is 4.98 Å². The number of rotatable bonds is 2. The van der Waals surface area contributed by atoms with Crippen LogP contribution in [-0.2, 0) is 0 Å². The van der Waals surface area contributed by atoms with E-state index in [0.717, 1.165) is 11.3 Å². The lowest BCUT2D eigenvalue weighted by Crippen LogP contribution is -1.70. The van der Waals surface area contributed by atoms with Crippen LogP contribution in [0.15, 0.2) is 25.4 Å². The smallest absolute Gasteiger partial charge is 0.0447 e. The van der Waals surface area contributed by atoms with Gasteiger partial charge in [-0.05, 0) is 17.7 Å². The van der Waals surface area contributed by atoms with Gasteiger partial charge in [0.25, 0.3) is 0 Å². The number of aromatic nitrogens is 1. The van der Waals surface area contributed by atoms with Gasteiger partial charge in [-0.1, -0.05) is 19.2 Å². The third-order valence-corrected chi connectivity index (χ3v) is 1.24. The molecule has 0 amide bonds. The maximum Gasteiger partial charge on any atom is 0.0447 e. The quantitative estimate of drug-likeness (QED) is 0.614. The fraction of sp³-hybridized carbons (Fsp3) is 0. The van der Waals surface area contributed by atoms with Crippen molar-refractivity contribution in [3.05, 3.63) is 36.7 Å². The Bertz CT molecular complexity index is 198. The van der Waals surface area contributed by atoms with Gasteiger partial charge in [0, 0.05) is 11.9 Å². The van der Waals surface area contributed by atoms with E-state index >= 15 is 0 Å². The lowest BCUT2D eigenvalue weighted by atomic mass is 10.2. The second-order valence-electron chi connectivity index (χ2n) is 1.75. The summed E-state index contributed by atoms with van der Waals surface area (Å²) in [5.74, 6) is 0. The molecule has 0 saturated heterocycles. The van der Waals surface area contributed by atoms with Crippen LogP contribution in [0.1, 0.15) is 11.3 Å². The second kappa shape index (κ2) is 2.35. The zero-order chi connectivity index (χ0) is 6.69. The molecular weight excluding hydrogens is 110 g/mol. The summed E-state index contributed by atoms with van der Waals surface area (Å²) in [6, 6.07) is 1.96. The highest BCUT2D eigenvalue weighted by molar-refractivity contribution is 5.60. The monoisotopic (exact) mass is 119 g/mol. The molecule has 1 heteroatoms. The number of hydrogen-bond acceptors (Lipinski definition) is 0. The van der Waals surface area contributed by atoms with Crippen molar-refractivity contribution in [3.63, 3.8) is 0 Å². The van der Waals surface area contributed by atoms with Crippen LogP contribution in [0.2, 0.25) is 0 Å². The van der Waals surface area contributed by atoms with E-state index in [9.17, 15) is 0 Å². The van der Waals surface area contributed by atoms with E-state index in [1.54, 1.807) is 12.2 Å². The summed E-state index contributed by atoms with van der Waals surface area (Å²) in [4.78, 5) is 3.02. The Kier molecular flexibility index (Phi) is 1.54. The first-order chi connectivity index (χ1) is 4.38. The summed E-state index contributed by atoms with van der Waals surface area (Å²) in [7, 11) is 0. The topological polar surface area (TPSA) is 15.8 Å². The van der Waals surface area contributed by atoms with Crippen molar-refractivity contribution < 1.29 is 0 Å². The van der Waals surface area contributed by atoms with Crippen molar-refractivity contribution in [2.45, 2.75) is 0 Å². The number of aromatic amines is 1. The molecule has 0 fully saturated rings. The van der Waals surface area contributed by atoms with Crippen molar-refractivity contribution in [3.8, 4) is 0 Å². The van der Waals surface area contributed by atoms with E-state index in [1.165, 1.54) is 0 Å². The normalized spacial score (nSPS) is 8.89. The summed E-state index contributed by atoms with van der Waals surface area (Å²) in [5, 5.41) is 0. The highest BCUT2D eigenvalue weighted by Crippen LogP contribution is 2.07. The van der Waals surface area contributed by atoms with Crippen molar-refractivity contribution in [1.29, 1.82) is 0 Å². The molecule has 9 heavy (non-hydrogen) atoms. The number of hydrogen-bond donors (Lipinski definition) is 1. The summed E-state index contributed by atoms with van der Waals surface area (Å²) in [6.07, 6.45) is 5.44. The highest BCUT2D eigenvalue weighted by atomic mass is 14.7. The van der Waals surface area contributed by atoms with Gasteiger partial charge in [0.05, 0.1) is 0 Å². The lowest BCUT2D eigenvalue weighted by molar-refractivity contribution is 1.37. The Morgan fingerprint density at radius 2 is 2.11 bits per heavy atom. The molecule has 1 aromatic heterocycles. The third kappa shape index (κ3) is 0.941. The van der Waals surface area contributed by atoms with Crippen LogP contribution < -0.4 is 0 Å². The van der Waals surface area contributed by atoms with Crippen LogP contribution in [0.25, 0.3) is 12.2 Å². The van der Waals surface area contributed by atoms with Crippen LogP contribution in [0.5, 0.6) is 0 Å². The Hall–Kier alpha value is -1.24. The highest BCUT2D eigenvalue weighted by Gasteiger charge is 1.91. The van der Waals surface area contributed by atoms with Crippen molar-refractivity contribution in [1.82, 2.24) is 4.98 Å². The molecule has 0 aromatic carbocycles. The van der Waals surface area contributed by atoms with Gasteiger partial charge in [-0.25, -0.2) is 0 Å². The van der Waals surface area contributed by atoms with Gasteiger partial charge in [0.15, 0.2) is 0 Å². The number of H-pyrrole nitrogens is 1. The van der Waals surface area contributed by atoms with Gasteiger partial charge in [-0.2, -0.15) is 0 Å². The van der Waals surface area contributed by atoms with Crippen molar-refractivity contribution in [2.24, 2.45) is 0 Å². The van der Waals surface area contributed by atoms with E-state index < -0.39 is 0 Å². The first kappa shape index (κ1) is 5.89. The van der Waals surface area contributed by atoms with Gasteiger partial charge in [-0.15, -0.1) is 0 Å². The standard InChI is InChI=1S/C8H9N/c1-3-7-5-6-9-8(7)4-2/h3-6,9H,1-2H2. The molecule has 1 N–H and O–H groups in total. The maximum absolute atomic E-state index is 3.64. The van der Waals surface area contributed by atoms with Gasteiger partial charge >= 0.3 is 0 Å². The Morgan fingerprint density at radius 1 is 1.33 bits per heavy atom. The molecular formula is C8H9N. The molecule has 0 aliphatic heterocycles. The first-order valence-corrected chi connectivity index (χ1v) is 2.80. The van der Waals surface area contributed by atoms with Crippen molar-refractivity contribution in [2.75, 3.05) is 0 Å². The molecule has 0 spiro atoms. The van der Waals surface area contributed by atoms with Crippen LogP contribution in [0.3, 0.4) is 0 Å². The molecule has 0 saturated carbocycles.